The third-order valence-electron chi connectivity index (χ3n) is 4.60. The Morgan fingerprint density at radius 1 is 1.21 bits per heavy atom. The van der Waals surface area contributed by atoms with Crippen molar-refractivity contribution in [1.82, 2.24) is 5.32 Å². The fourth-order valence-corrected chi connectivity index (χ4v) is 4.03. The Kier molecular flexibility index (Phi) is 6.17. The van der Waals surface area contributed by atoms with Crippen molar-refractivity contribution in [1.29, 1.82) is 5.26 Å². The van der Waals surface area contributed by atoms with Gasteiger partial charge in [-0.2, -0.15) is 5.26 Å². The monoisotopic (exact) mass is 391 g/mol. The van der Waals surface area contributed by atoms with E-state index in [0.29, 0.717) is 10.6 Å². The molecule has 28 heavy (non-hydrogen) atoms. The summed E-state index contributed by atoms with van der Waals surface area (Å²) < 4.78 is 0. The number of hydrogen-bond donors (Lipinski definition) is 2. The van der Waals surface area contributed by atoms with Crippen LogP contribution in [0.4, 0.5) is 5.69 Å². The zero-order chi connectivity index (χ0) is 20.1. The molecule has 0 spiro atoms. The van der Waals surface area contributed by atoms with E-state index < -0.39 is 0 Å². The second kappa shape index (κ2) is 8.77. The molecule has 6 heteroatoms. The van der Waals surface area contributed by atoms with Gasteiger partial charge in [0.2, 0.25) is 11.8 Å². The van der Waals surface area contributed by atoms with Crippen LogP contribution in [-0.4, -0.2) is 17.6 Å². The summed E-state index contributed by atoms with van der Waals surface area (Å²) in [6.07, 6.45) is 0.230. The molecule has 2 amide bonds. The standard InChI is InChI=1S/C22H21N3O2S/c1-14-7-9-16(10-8-14)24-21(27)13-28-22-19(12-23)18(11-20(26)25-22)17-6-4-3-5-15(17)2/h3-10,18H,11,13H2,1-2H3,(H,24,27)(H,25,26). The number of anilines is 1. The van der Waals surface area contributed by atoms with Gasteiger partial charge < -0.3 is 10.6 Å². The van der Waals surface area contributed by atoms with Crippen molar-refractivity contribution in [2.45, 2.75) is 26.2 Å². The number of allylic oxidation sites excluding steroid dienone is 1. The first-order valence-corrected chi connectivity index (χ1v) is 9.95. The molecule has 1 aliphatic rings. The minimum absolute atomic E-state index is 0.106. The number of amides is 2. The largest absolute Gasteiger partial charge is 0.325 e. The van der Waals surface area contributed by atoms with Gasteiger partial charge in [-0.15, -0.1) is 0 Å². The van der Waals surface area contributed by atoms with Crippen molar-refractivity contribution in [3.05, 3.63) is 75.8 Å². The average Bonchev–Trinajstić information content (AvgIpc) is 2.68. The number of carbonyl (C=O) groups excluding carboxylic acids is 2. The molecule has 0 aromatic heterocycles. The van der Waals surface area contributed by atoms with E-state index in [4.69, 9.17) is 0 Å². The Hall–Kier alpha value is -3.04. The van der Waals surface area contributed by atoms with E-state index in [0.717, 1.165) is 22.4 Å². The Morgan fingerprint density at radius 2 is 1.93 bits per heavy atom. The first-order valence-electron chi connectivity index (χ1n) is 8.97. The van der Waals surface area contributed by atoms with Gasteiger partial charge in [0, 0.05) is 18.0 Å². The summed E-state index contributed by atoms with van der Waals surface area (Å²) in [6.45, 7) is 3.95. The third kappa shape index (κ3) is 4.62. The Morgan fingerprint density at radius 3 is 2.61 bits per heavy atom. The predicted octanol–water partition coefficient (Wildman–Crippen LogP) is 4.01. The van der Waals surface area contributed by atoms with Crippen molar-refractivity contribution in [3.63, 3.8) is 0 Å². The van der Waals surface area contributed by atoms with Gasteiger partial charge in [0.1, 0.15) is 0 Å². The lowest BCUT2D eigenvalue weighted by Crippen LogP contribution is -2.31. The van der Waals surface area contributed by atoms with Gasteiger partial charge in [0.15, 0.2) is 0 Å². The molecule has 3 rings (SSSR count). The van der Waals surface area contributed by atoms with Gasteiger partial charge in [-0.3, -0.25) is 9.59 Å². The van der Waals surface area contributed by atoms with Crippen LogP contribution in [0.3, 0.4) is 0 Å². The summed E-state index contributed by atoms with van der Waals surface area (Å²) in [5, 5.41) is 15.8. The third-order valence-corrected chi connectivity index (χ3v) is 5.62. The second-order valence-electron chi connectivity index (χ2n) is 6.72. The van der Waals surface area contributed by atoms with Crippen LogP contribution in [0.25, 0.3) is 0 Å². The van der Waals surface area contributed by atoms with Crippen LogP contribution in [0.2, 0.25) is 0 Å². The molecule has 0 saturated carbocycles. The molecule has 142 valence electrons. The van der Waals surface area contributed by atoms with Crippen LogP contribution in [0.1, 0.15) is 29.0 Å². The van der Waals surface area contributed by atoms with Gasteiger partial charge in [0.05, 0.1) is 22.4 Å². The van der Waals surface area contributed by atoms with Crippen molar-refractivity contribution in [2.24, 2.45) is 0 Å². The fraction of sp³-hybridized carbons (Fsp3) is 0.227. The summed E-state index contributed by atoms with van der Waals surface area (Å²) in [6, 6.07) is 17.5. The maximum atomic E-state index is 12.3. The highest BCUT2D eigenvalue weighted by atomic mass is 32.2. The Balaban J connectivity index is 1.76. The van der Waals surface area contributed by atoms with Crippen molar-refractivity contribution in [2.75, 3.05) is 11.1 Å². The van der Waals surface area contributed by atoms with Gasteiger partial charge in [0.25, 0.3) is 0 Å². The molecular weight excluding hydrogens is 370 g/mol. The van der Waals surface area contributed by atoms with Crippen molar-refractivity contribution in [3.8, 4) is 6.07 Å². The number of benzene rings is 2. The summed E-state index contributed by atoms with van der Waals surface area (Å²) >= 11 is 1.18. The molecule has 1 unspecified atom stereocenters. The number of carbonyl (C=O) groups is 2. The molecule has 0 bridgehead atoms. The fourth-order valence-electron chi connectivity index (χ4n) is 3.15. The molecule has 2 N–H and O–H groups in total. The summed E-state index contributed by atoms with van der Waals surface area (Å²) in [7, 11) is 0. The summed E-state index contributed by atoms with van der Waals surface area (Å²) in [5.41, 5.74) is 4.34. The molecule has 1 atom stereocenters. The number of nitrogens with zero attached hydrogens (tertiary/aromatic N) is 1. The van der Waals surface area contributed by atoms with Crippen LogP contribution in [0, 0.1) is 25.2 Å². The van der Waals surface area contributed by atoms with E-state index in [1.165, 1.54) is 11.8 Å². The topological polar surface area (TPSA) is 82.0 Å². The summed E-state index contributed by atoms with van der Waals surface area (Å²) in [4.78, 5) is 24.5. The van der Waals surface area contributed by atoms with Gasteiger partial charge in [-0.05, 0) is 37.1 Å². The lowest BCUT2D eigenvalue weighted by molar-refractivity contribution is -0.121. The SMILES string of the molecule is Cc1ccc(NC(=O)CSC2=C(C#N)C(c3ccccc3C)CC(=O)N2)cc1. The average molecular weight is 391 g/mol. The second-order valence-corrected chi connectivity index (χ2v) is 7.70. The number of aryl methyl sites for hydroxylation is 2. The lowest BCUT2D eigenvalue weighted by Gasteiger charge is -2.26. The van der Waals surface area contributed by atoms with Crippen molar-refractivity contribution < 1.29 is 9.59 Å². The highest BCUT2D eigenvalue weighted by molar-refractivity contribution is 8.03. The number of nitrogens with one attached hydrogen (secondary N) is 2. The minimum Gasteiger partial charge on any atom is -0.325 e. The molecule has 0 aliphatic carbocycles. The van der Waals surface area contributed by atoms with E-state index in [9.17, 15) is 14.9 Å². The first-order chi connectivity index (χ1) is 13.5. The van der Waals surface area contributed by atoms with Crippen LogP contribution in [-0.2, 0) is 9.59 Å². The number of thioether (sulfide) groups is 1. The zero-order valence-corrected chi connectivity index (χ0v) is 16.6. The quantitative estimate of drug-likeness (QED) is 0.807. The number of nitriles is 1. The normalized spacial score (nSPS) is 16.3. The van der Waals surface area contributed by atoms with Crippen LogP contribution < -0.4 is 10.6 Å². The predicted molar refractivity (Wildman–Crippen MR) is 112 cm³/mol. The molecule has 2 aromatic rings. The van der Waals surface area contributed by atoms with E-state index in [2.05, 4.69) is 16.7 Å². The highest BCUT2D eigenvalue weighted by Crippen LogP contribution is 2.37. The number of rotatable bonds is 5. The highest BCUT2D eigenvalue weighted by Gasteiger charge is 2.30. The molecule has 0 fully saturated rings. The van der Waals surface area contributed by atoms with E-state index >= 15 is 0 Å². The smallest absolute Gasteiger partial charge is 0.234 e. The molecule has 1 aliphatic heterocycles. The van der Waals surface area contributed by atoms with Crippen LogP contribution >= 0.6 is 11.8 Å². The molecule has 1 heterocycles. The summed E-state index contributed by atoms with van der Waals surface area (Å²) in [5.74, 6) is -0.517. The molecular formula is C22H21N3O2S. The van der Waals surface area contributed by atoms with E-state index in [1.54, 1.807) is 0 Å². The minimum atomic E-state index is -0.289. The molecule has 0 radical (unpaired) electrons. The number of hydrogen-bond acceptors (Lipinski definition) is 4. The van der Waals surface area contributed by atoms with Gasteiger partial charge in [-0.1, -0.05) is 53.7 Å². The maximum absolute atomic E-state index is 12.3. The molecule has 5 nitrogen and oxygen atoms in total. The Labute approximate surface area is 168 Å². The Bertz CT molecular complexity index is 974. The first kappa shape index (κ1) is 19.7. The van der Waals surface area contributed by atoms with Crippen LogP contribution in [0.15, 0.2) is 59.1 Å². The maximum Gasteiger partial charge on any atom is 0.234 e. The van der Waals surface area contributed by atoms with Gasteiger partial charge in [-0.25, -0.2) is 0 Å². The zero-order valence-electron chi connectivity index (χ0n) is 15.8. The van der Waals surface area contributed by atoms with E-state index in [-0.39, 0.29) is 29.9 Å². The van der Waals surface area contributed by atoms with Crippen LogP contribution in [0.5, 0.6) is 0 Å². The van der Waals surface area contributed by atoms with Gasteiger partial charge >= 0.3 is 0 Å². The lowest BCUT2D eigenvalue weighted by atomic mass is 9.85. The molecule has 2 aromatic carbocycles. The molecule has 0 saturated heterocycles. The van der Waals surface area contributed by atoms with Crippen molar-refractivity contribution >= 4 is 29.3 Å². The van der Waals surface area contributed by atoms with E-state index in [1.807, 2.05) is 62.4 Å².